The number of rotatable bonds is 3. The van der Waals surface area contributed by atoms with Crippen LogP contribution in [0.4, 0.5) is 0 Å². The predicted molar refractivity (Wildman–Crippen MR) is 73.4 cm³/mol. The Kier molecular flexibility index (Phi) is 4.03. The first kappa shape index (κ1) is 13.4. The SMILES string of the molecule is Cc1ccc(C(C#N)NC(=O)c2ccc(Br)o2)cc1. The molecule has 0 aliphatic rings. The van der Waals surface area contributed by atoms with Gasteiger partial charge in [-0.2, -0.15) is 5.26 Å². The van der Waals surface area contributed by atoms with Crippen molar-refractivity contribution >= 4 is 21.8 Å². The lowest BCUT2D eigenvalue weighted by molar-refractivity contribution is 0.0916. The molecule has 0 aliphatic carbocycles. The molecule has 19 heavy (non-hydrogen) atoms. The first-order valence-electron chi connectivity index (χ1n) is 5.62. The normalized spacial score (nSPS) is 11.6. The third kappa shape index (κ3) is 3.24. The van der Waals surface area contributed by atoms with Crippen molar-refractivity contribution in [3.63, 3.8) is 0 Å². The van der Waals surface area contributed by atoms with Gasteiger partial charge in [-0.05, 0) is 40.5 Å². The number of halogens is 1. The minimum Gasteiger partial charge on any atom is -0.444 e. The second kappa shape index (κ2) is 5.72. The summed E-state index contributed by atoms with van der Waals surface area (Å²) in [5.74, 6) is -0.253. The maximum absolute atomic E-state index is 11.9. The summed E-state index contributed by atoms with van der Waals surface area (Å²) >= 11 is 3.12. The van der Waals surface area contributed by atoms with E-state index in [1.54, 1.807) is 12.1 Å². The second-order valence-electron chi connectivity index (χ2n) is 4.05. The number of amides is 1. The average molecular weight is 319 g/mol. The van der Waals surface area contributed by atoms with Crippen LogP contribution in [0.15, 0.2) is 45.5 Å². The zero-order chi connectivity index (χ0) is 13.8. The van der Waals surface area contributed by atoms with Gasteiger partial charge in [-0.3, -0.25) is 4.79 Å². The van der Waals surface area contributed by atoms with Crippen molar-refractivity contribution in [1.82, 2.24) is 5.32 Å². The van der Waals surface area contributed by atoms with E-state index in [4.69, 9.17) is 9.68 Å². The fourth-order valence-corrected chi connectivity index (χ4v) is 1.89. The van der Waals surface area contributed by atoms with E-state index in [1.165, 1.54) is 0 Å². The molecule has 0 saturated heterocycles. The van der Waals surface area contributed by atoms with Gasteiger partial charge in [-0.25, -0.2) is 0 Å². The number of nitrogens with zero attached hydrogens (tertiary/aromatic N) is 1. The number of hydrogen-bond donors (Lipinski definition) is 1. The zero-order valence-corrected chi connectivity index (χ0v) is 11.8. The molecule has 2 rings (SSSR count). The predicted octanol–water partition coefficient (Wildman–Crippen LogP) is 3.35. The largest absolute Gasteiger partial charge is 0.444 e. The van der Waals surface area contributed by atoms with E-state index in [0.717, 1.165) is 11.1 Å². The summed E-state index contributed by atoms with van der Waals surface area (Å²) < 4.78 is 5.61. The summed E-state index contributed by atoms with van der Waals surface area (Å²) in [7, 11) is 0. The topological polar surface area (TPSA) is 66.0 Å². The number of benzene rings is 1. The molecule has 1 N–H and O–H groups in total. The highest BCUT2D eigenvalue weighted by molar-refractivity contribution is 9.10. The summed E-state index contributed by atoms with van der Waals surface area (Å²) in [5, 5.41) is 11.8. The van der Waals surface area contributed by atoms with Gasteiger partial charge >= 0.3 is 0 Å². The number of furan rings is 1. The minimum atomic E-state index is -0.697. The molecule has 1 heterocycles. The monoisotopic (exact) mass is 318 g/mol. The van der Waals surface area contributed by atoms with Crippen molar-refractivity contribution in [3.8, 4) is 6.07 Å². The van der Waals surface area contributed by atoms with Gasteiger partial charge < -0.3 is 9.73 Å². The lowest BCUT2D eigenvalue weighted by Crippen LogP contribution is -2.27. The van der Waals surface area contributed by atoms with E-state index >= 15 is 0 Å². The highest BCUT2D eigenvalue weighted by Crippen LogP contribution is 2.17. The maximum atomic E-state index is 11.9. The van der Waals surface area contributed by atoms with Crippen LogP contribution in [0.25, 0.3) is 0 Å². The van der Waals surface area contributed by atoms with Crippen molar-refractivity contribution in [2.45, 2.75) is 13.0 Å². The first-order chi connectivity index (χ1) is 9.10. The molecule has 0 aliphatic heterocycles. The lowest BCUT2D eigenvalue weighted by atomic mass is 10.1. The van der Waals surface area contributed by atoms with Crippen LogP contribution in [0.3, 0.4) is 0 Å². The van der Waals surface area contributed by atoms with Gasteiger partial charge in [0, 0.05) is 0 Å². The number of nitrogens with one attached hydrogen (secondary N) is 1. The van der Waals surface area contributed by atoms with Crippen molar-refractivity contribution in [2.75, 3.05) is 0 Å². The Balaban J connectivity index is 2.14. The fraction of sp³-hybridized carbons (Fsp3) is 0.143. The quantitative estimate of drug-likeness (QED) is 0.943. The number of aryl methyl sites for hydroxylation is 1. The Morgan fingerprint density at radius 1 is 1.32 bits per heavy atom. The van der Waals surface area contributed by atoms with E-state index in [2.05, 4.69) is 27.3 Å². The summed E-state index contributed by atoms with van der Waals surface area (Å²) in [6.45, 7) is 1.96. The molecule has 2 aromatic rings. The standard InChI is InChI=1S/C14H11BrN2O2/c1-9-2-4-10(5-3-9)11(8-16)17-14(18)12-6-7-13(15)19-12/h2-7,11H,1H3,(H,17,18). The molecular weight excluding hydrogens is 308 g/mol. The second-order valence-corrected chi connectivity index (χ2v) is 4.83. The third-order valence-electron chi connectivity index (χ3n) is 2.61. The van der Waals surface area contributed by atoms with Crippen LogP contribution < -0.4 is 5.32 Å². The molecule has 5 heteroatoms. The Labute approximate surface area is 119 Å². The molecular formula is C14H11BrN2O2. The highest BCUT2D eigenvalue weighted by Gasteiger charge is 2.17. The van der Waals surface area contributed by atoms with Gasteiger partial charge in [-0.1, -0.05) is 29.8 Å². The molecule has 0 fully saturated rings. The molecule has 0 bridgehead atoms. The Hall–Kier alpha value is -2.06. The first-order valence-corrected chi connectivity index (χ1v) is 6.42. The number of hydrogen-bond acceptors (Lipinski definition) is 3. The van der Waals surface area contributed by atoms with Gasteiger partial charge in [0.2, 0.25) is 0 Å². The molecule has 1 aromatic heterocycles. The molecule has 1 amide bonds. The summed E-state index contributed by atoms with van der Waals surface area (Å²) in [6, 6.07) is 12.0. The van der Waals surface area contributed by atoms with Crippen LogP contribution in [0.1, 0.15) is 27.7 Å². The van der Waals surface area contributed by atoms with Crippen LogP contribution in [-0.4, -0.2) is 5.91 Å². The molecule has 0 spiro atoms. The Morgan fingerprint density at radius 3 is 2.53 bits per heavy atom. The van der Waals surface area contributed by atoms with Gasteiger partial charge in [0.15, 0.2) is 10.4 Å². The summed E-state index contributed by atoms with van der Waals surface area (Å²) in [4.78, 5) is 11.9. The van der Waals surface area contributed by atoms with E-state index in [0.29, 0.717) is 4.67 Å². The summed E-state index contributed by atoms with van der Waals surface area (Å²) in [5.41, 5.74) is 1.84. The fourth-order valence-electron chi connectivity index (χ4n) is 1.59. The van der Waals surface area contributed by atoms with Gasteiger partial charge in [0.05, 0.1) is 6.07 Å². The molecule has 0 radical (unpaired) electrons. The molecule has 1 unspecified atom stereocenters. The smallest absolute Gasteiger partial charge is 0.288 e. The Morgan fingerprint density at radius 2 is 2.00 bits per heavy atom. The average Bonchev–Trinajstić information content (AvgIpc) is 2.84. The van der Waals surface area contributed by atoms with E-state index in [9.17, 15) is 4.79 Å². The molecule has 96 valence electrons. The van der Waals surface area contributed by atoms with Gasteiger partial charge in [-0.15, -0.1) is 0 Å². The lowest BCUT2D eigenvalue weighted by Gasteiger charge is -2.11. The summed E-state index contributed by atoms with van der Waals surface area (Å²) in [6.07, 6.45) is 0. The molecule has 1 aromatic carbocycles. The van der Waals surface area contributed by atoms with Crippen LogP contribution in [0.5, 0.6) is 0 Å². The van der Waals surface area contributed by atoms with Crippen LogP contribution in [0.2, 0.25) is 0 Å². The van der Waals surface area contributed by atoms with E-state index < -0.39 is 11.9 Å². The molecule has 1 atom stereocenters. The van der Waals surface area contributed by atoms with Crippen molar-refractivity contribution in [3.05, 3.63) is 58.0 Å². The third-order valence-corrected chi connectivity index (χ3v) is 3.04. The number of carbonyl (C=O) groups excluding carboxylic acids is 1. The van der Waals surface area contributed by atoms with Crippen molar-refractivity contribution in [1.29, 1.82) is 5.26 Å². The minimum absolute atomic E-state index is 0.166. The zero-order valence-electron chi connectivity index (χ0n) is 10.2. The highest BCUT2D eigenvalue weighted by atomic mass is 79.9. The molecule has 0 saturated carbocycles. The number of carbonyl (C=O) groups is 1. The van der Waals surface area contributed by atoms with Gasteiger partial charge in [0.25, 0.3) is 5.91 Å². The van der Waals surface area contributed by atoms with Crippen LogP contribution in [-0.2, 0) is 0 Å². The van der Waals surface area contributed by atoms with E-state index in [1.807, 2.05) is 31.2 Å². The van der Waals surface area contributed by atoms with E-state index in [-0.39, 0.29) is 5.76 Å². The van der Waals surface area contributed by atoms with Crippen molar-refractivity contribution < 1.29 is 9.21 Å². The van der Waals surface area contributed by atoms with Crippen LogP contribution >= 0.6 is 15.9 Å². The van der Waals surface area contributed by atoms with Gasteiger partial charge in [0.1, 0.15) is 6.04 Å². The molecule has 4 nitrogen and oxygen atoms in total. The maximum Gasteiger partial charge on any atom is 0.288 e. The number of nitriles is 1. The van der Waals surface area contributed by atoms with Crippen LogP contribution in [0, 0.1) is 18.3 Å². The Bertz CT molecular complexity index is 626. The van der Waals surface area contributed by atoms with Crippen molar-refractivity contribution in [2.24, 2.45) is 0 Å².